The highest BCUT2D eigenvalue weighted by molar-refractivity contribution is 5.78. The van der Waals surface area contributed by atoms with Gasteiger partial charge in [0.1, 0.15) is 0 Å². The van der Waals surface area contributed by atoms with Crippen LogP contribution in [0.4, 0.5) is 0 Å². The van der Waals surface area contributed by atoms with Crippen molar-refractivity contribution in [1.29, 1.82) is 0 Å². The predicted octanol–water partition coefficient (Wildman–Crippen LogP) is 2.05. The van der Waals surface area contributed by atoms with E-state index in [0.717, 1.165) is 32.1 Å². The third-order valence-corrected chi connectivity index (χ3v) is 4.79. The first-order chi connectivity index (χ1) is 9.73. The maximum Gasteiger partial charge on any atom is 0.312 e. The summed E-state index contributed by atoms with van der Waals surface area (Å²) in [6.07, 6.45) is 10.5. The molecule has 20 heavy (non-hydrogen) atoms. The van der Waals surface area contributed by atoms with Crippen LogP contribution in [0.15, 0.2) is 12.2 Å². The van der Waals surface area contributed by atoms with Gasteiger partial charge in [-0.05, 0) is 19.3 Å². The van der Waals surface area contributed by atoms with E-state index in [1.54, 1.807) is 0 Å². The van der Waals surface area contributed by atoms with Crippen LogP contribution in [0.25, 0.3) is 0 Å². The van der Waals surface area contributed by atoms with Gasteiger partial charge in [-0.15, -0.1) is 0 Å². The molecule has 0 saturated carbocycles. The zero-order valence-electron chi connectivity index (χ0n) is 12.1. The van der Waals surface area contributed by atoms with Gasteiger partial charge in [0, 0.05) is 18.4 Å². The van der Waals surface area contributed by atoms with Crippen LogP contribution in [-0.4, -0.2) is 36.0 Å². The Morgan fingerprint density at radius 1 is 1.10 bits per heavy atom. The molecule has 1 aliphatic heterocycles. The van der Waals surface area contributed by atoms with E-state index in [9.17, 15) is 15.0 Å². The third-order valence-electron chi connectivity index (χ3n) is 4.79. The number of hydrogen-bond donors (Lipinski definition) is 2. The fourth-order valence-electron chi connectivity index (χ4n) is 3.53. The summed E-state index contributed by atoms with van der Waals surface area (Å²) in [6, 6.07) is 0. The standard InChI is InChI=1S/C16H26O4/c17-11-13-6-7-14(12-18)16(10-13)8-4-2-1-3-5-9-20-15(16)19/h6-7,13-14,17-18H,1-5,8-12H2/t13-,14-,16+/m0/s1. The molecule has 1 aliphatic carbocycles. The van der Waals surface area contributed by atoms with Crippen molar-refractivity contribution >= 4 is 5.97 Å². The van der Waals surface area contributed by atoms with Gasteiger partial charge in [0.2, 0.25) is 0 Å². The van der Waals surface area contributed by atoms with Gasteiger partial charge in [-0.2, -0.15) is 0 Å². The minimum atomic E-state index is -0.645. The summed E-state index contributed by atoms with van der Waals surface area (Å²) >= 11 is 0. The predicted molar refractivity (Wildman–Crippen MR) is 76.0 cm³/mol. The zero-order chi connectivity index (χ0) is 14.4. The highest BCUT2D eigenvalue weighted by Gasteiger charge is 2.48. The van der Waals surface area contributed by atoms with Crippen LogP contribution in [0, 0.1) is 17.3 Å². The van der Waals surface area contributed by atoms with Crippen LogP contribution in [0.5, 0.6) is 0 Å². The van der Waals surface area contributed by atoms with E-state index in [4.69, 9.17) is 4.74 Å². The minimum absolute atomic E-state index is 0.00621. The number of hydrogen-bond acceptors (Lipinski definition) is 4. The van der Waals surface area contributed by atoms with Crippen molar-refractivity contribution in [1.82, 2.24) is 0 Å². The monoisotopic (exact) mass is 282 g/mol. The lowest BCUT2D eigenvalue weighted by Gasteiger charge is -2.41. The minimum Gasteiger partial charge on any atom is -0.465 e. The molecular formula is C16H26O4. The Morgan fingerprint density at radius 3 is 2.60 bits per heavy atom. The summed E-state index contributed by atoms with van der Waals surface area (Å²) in [4.78, 5) is 12.6. The number of cyclic esters (lactones) is 1. The molecule has 0 aromatic heterocycles. The van der Waals surface area contributed by atoms with Crippen LogP contribution in [0.3, 0.4) is 0 Å². The topological polar surface area (TPSA) is 66.8 Å². The largest absolute Gasteiger partial charge is 0.465 e. The van der Waals surface area contributed by atoms with Crippen molar-refractivity contribution in [3.05, 3.63) is 12.2 Å². The Hall–Kier alpha value is -0.870. The number of esters is 1. The van der Waals surface area contributed by atoms with Gasteiger partial charge in [-0.3, -0.25) is 4.79 Å². The lowest BCUT2D eigenvalue weighted by molar-refractivity contribution is -0.163. The van der Waals surface area contributed by atoms with Gasteiger partial charge in [0.15, 0.2) is 0 Å². The second-order valence-corrected chi connectivity index (χ2v) is 6.13. The lowest BCUT2D eigenvalue weighted by Crippen LogP contribution is -2.45. The third kappa shape index (κ3) is 3.23. The van der Waals surface area contributed by atoms with E-state index >= 15 is 0 Å². The van der Waals surface area contributed by atoms with Gasteiger partial charge < -0.3 is 14.9 Å². The van der Waals surface area contributed by atoms with Crippen LogP contribution in [0.2, 0.25) is 0 Å². The molecule has 2 N–H and O–H groups in total. The highest BCUT2D eigenvalue weighted by atomic mass is 16.5. The second-order valence-electron chi connectivity index (χ2n) is 6.13. The van der Waals surface area contributed by atoms with E-state index in [0.29, 0.717) is 13.0 Å². The number of carbonyl (C=O) groups excluding carboxylic acids is 1. The highest BCUT2D eigenvalue weighted by Crippen LogP contribution is 2.45. The summed E-state index contributed by atoms with van der Waals surface area (Å²) in [7, 11) is 0. The van der Waals surface area contributed by atoms with Gasteiger partial charge in [-0.25, -0.2) is 0 Å². The van der Waals surface area contributed by atoms with Gasteiger partial charge >= 0.3 is 5.97 Å². The van der Waals surface area contributed by atoms with E-state index in [1.807, 2.05) is 12.2 Å². The molecule has 3 atom stereocenters. The molecule has 0 amide bonds. The summed E-state index contributed by atoms with van der Waals surface area (Å²) in [5.41, 5.74) is -0.645. The molecule has 4 nitrogen and oxygen atoms in total. The van der Waals surface area contributed by atoms with Gasteiger partial charge in [-0.1, -0.05) is 37.8 Å². The fraction of sp³-hybridized carbons (Fsp3) is 0.812. The van der Waals surface area contributed by atoms with Crippen molar-refractivity contribution in [3.63, 3.8) is 0 Å². The van der Waals surface area contributed by atoms with Crippen molar-refractivity contribution < 1.29 is 19.7 Å². The van der Waals surface area contributed by atoms with Crippen molar-refractivity contribution in [2.45, 2.75) is 44.9 Å². The van der Waals surface area contributed by atoms with Crippen molar-refractivity contribution in [2.75, 3.05) is 19.8 Å². The molecular weight excluding hydrogens is 256 g/mol. The summed E-state index contributed by atoms with van der Waals surface area (Å²) in [6.45, 7) is 0.486. The van der Waals surface area contributed by atoms with Crippen LogP contribution < -0.4 is 0 Å². The van der Waals surface area contributed by atoms with E-state index in [-0.39, 0.29) is 31.0 Å². The van der Waals surface area contributed by atoms with Crippen LogP contribution in [-0.2, 0) is 9.53 Å². The number of aliphatic hydroxyl groups excluding tert-OH is 2. The molecule has 2 aliphatic rings. The smallest absolute Gasteiger partial charge is 0.312 e. The first-order valence-electron chi connectivity index (χ1n) is 7.80. The molecule has 4 heteroatoms. The number of aliphatic hydroxyl groups is 2. The molecule has 0 unspecified atom stereocenters. The molecule has 1 saturated heterocycles. The summed E-state index contributed by atoms with van der Waals surface area (Å²) in [5, 5.41) is 19.1. The Labute approximate surface area is 120 Å². The van der Waals surface area contributed by atoms with Crippen LogP contribution >= 0.6 is 0 Å². The maximum absolute atomic E-state index is 12.6. The Kier molecular flexibility index (Phi) is 5.61. The fourth-order valence-corrected chi connectivity index (χ4v) is 3.53. The number of ether oxygens (including phenoxy) is 1. The zero-order valence-corrected chi connectivity index (χ0v) is 12.1. The van der Waals surface area contributed by atoms with Crippen molar-refractivity contribution in [2.24, 2.45) is 17.3 Å². The van der Waals surface area contributed by atoms with Gasteiger partial charge in [0.25, 0.3) is 0 Å². The Morgan fingerprint density at radius 2 is 1.85 bits per heavy atom. The molecule has 114 valence electrons. The lowest BCUT2D eigenvalue weighted by atomic mass is 9.64. The average molecular weight is 282 g/mol. The molecule has 1 fully saturated rings. The molecule has 0 radical (unpaired) electrons. The summed E-state index contributed by atoms with van der Waals surface area (Å²) < 4.78 is 5.47. The molecule has 0 bridgehead atoms. The van der Waals surface area contributed by atoms with Crippen molar-refractivity contribution in [3.8, 4) is 0 Å². The summed E-state index contributed by atoms with van der Waals surface area (Å²) in [5.74, 6) is -0.369. The average Bonchev–Trinajstić information content (AvgIpc) is 2.49. The number of rotatable bonds is 2. The van der Waals surface area contributed by atoms with E-state index in [2.05, 4.69) is 0 Å². The first kappa shape index (κ1) is 15.5. The first-order valence-corrected chi connectivity index (χ1v) is 7.80. The molecule has 1 spiro atoms. The molecule has 2 rings (SSSR count). The van der Waals surface area contributed by atoms with E-state index in [1.165, 1.54) is 6.42 Å². The molecule has 0 aromatic carbocycles. The Balaban J connectivity index is 2.23. The van der Waals surface area contributed by atoms with E-state index < -0.39 is 5.41 Å². The normalized spacial score (nSPS) is 35.8. The quantitative estimate of drug-likeness (QED) is 0.601. The Bertz CT molecular complexity index is 352. The second kappa shape index (κ2) is 7.23. The molecule has 1 heterocycles. The SMILES string of the molecule is O=C1OCCCCCCC[C@]12C[C@@H](CO)C=C[C@H]2CO. The number of carbonyl (C=O) groups is 1. The van der Waals surface area contributed by atoms with Crippen LogP contribution in [0.1, 0.15) is 44.9 Å². The maximum atomic E-state index is 12.6. The molecule has 0 aromatic rings. The van der Waals surface area contributed by atoms with Gasteiger partial charge in [0.05, 0.1) is 18.6 Å².